The normalized spacial score (nSPS) is 12.9. The molecule has 118 valence electrons. The van der Waals surface area contributed by atoms with Gasteiger partial charge in [0.25, 0.3) is 0 Å². The molecule has 0 spiro atoms. The van der Waals surface area contributed by atoms with Crippen LogP contribution in [0.3, 0.4) is 0 Å². The second-order valence-corrected chi connectivity index (χ2v) is 5.91. The fourth-order valence-electron chi connectivity index (χ4n) is 2.59. The zero-order chi connectivity index (χ0) is 16.6. The van der Waals surface area contributed by atoms with Gasteiger partial charge in [0.2, 0.25) is 5.82 Å². The highest BCUT2D eigenvalue weighted by Gasteiger charge is 2.29. The Bertz CT molecular complexity index is 809. The average Bonchev–Trinajstić information content (AvgIpc) is 2.96. The Hall–Kier alpha value is -2.48. The van der Waals surface area contributed by atoms with Crippen LogP contribution in [0, 0.1) is 10.1 Å². The van der Waals surface area contributed by atoms with Gasteiger partial charge < -0.3 is 9.64 Å². The summed E-state index contributed by atoms with van der Waals surface area (Å²) in [4.78, 5) is 28.4. The number of benzene rings is 1. The molecule has 0 amide bonds. The van der Waals surface area contributed by atoms with Crippen LogP contribution < -0.4 is 4.90 Å². The van der Waals surface area contributed by atoms with Gasteiger partial charge in [-0.3, -0.25) is 10.1 Å². The molecule has 3 rings (SSSR count). The Morgan fingerprint density at radius 3 is 2.91 bits per heavy atom. The third-order valence-corrected chi connectivity index (χ3v) is 4.16. The number of nitro groups is 1. The maximum Gasteiger partial charge on any atom is 0.339 e. The van der Waals surface area contributed by atoms with Crippen molar-refractivity contribution in [3.8, 4) is 0 Å². The molecule has 0 unspecified atom stereocenters. The maximum atomic E-state index is 11.6. The first-order valence-corrected chi connectivity index (χ1v) is 7.59. The number of fused-ring (bicyclic) bond motifs is 1. The lowest BCUT2D eigenvalue weighted by molar-refractivity contribution is -0.384. The number of anilines is 2. The number of hydrogen-bond donors (Lipinski definition) is 0. The minimum absolute atomic E-state index is 0.0524. The highest BCUT2D eigenvalue weighted by Crippen LogP contribution is 2.39. The first-order valence-electron chi connectivity index (χ1n) is 6.80. The van der Waals surface area contributed by atoms with E-state index >= 15 is 0 Å². The Kier molecular flexibility index (Phi) is 3.99. The highest BCUT2D eigenvalue weighted by molar-refractivity contribution is 9.10. The summed E-state index contributed by atoms with van der Waals surface area (Å²) in [6.45, 7) is 0.594. The third-order valence-electron chi connectivity index (χ3n) is 3.66. The van der Waals surface area contributed by atoms with Crippen LogP contribution in [-0.2, 0) is 11.2 Å². The summed E-state index contributed by atoms with van der Waals surface area (Å²) in [5.41, 5.74) is 1.81. The number of methoxy groups -OCH3 is 1. The molecule has 8 heteroatoms. The van der Waals surface area contributed by atoms with Crippen molar-refractivity contribution in [2.75, 3.05) is 18.6 Å². The van der Waals surface area contributed by atoms with Gasteiger partial charge in [-0.05, 0) is 24.1 Å². The minimum Gasteiger partial charge on any atom is -0.465 e. The van der Waals surface area contributed by atoms with Crippen molar-refractivity contribution in [2.45, 2.75) is 6.42 Å². The predicted molar refractivity (Wildman–Crippen MR) is 87.1 cm³/mol. The van der Waals surface area contributed by atoms with Crippen LogP contribution in [0.4, 0.5) is 17.2 Å². The quantitative estimate of drug-likeness (QED) is 0.463. The number of nitrogens with zero attached hydrogens (tertiary/aromatic N) is 3. The lowest BCUT2D eigenvalue weighted by Crippen LogP contribution is -2.17. The van der Waals surface area contributed by atoms with E-state index in [-0.39, 0.29) is 17.1 Å². The van der Waals surface area contributed by atoms with Crippen molar-refractivity contribution >= 4 is 39.1 Å². The number of rotatable bonds is 3. The van der Waals surface area contributed by atoms with Gasteiger partial charge in [0, 0.05) is 29.0 Å². The van der Waals surface area contributed by atoms with Gasteiger partial charge in [-0.25, -0.2) is 9.78 Å². The fourth-order valence-corrected chi connectivity index (χ4v) is 2.94. The summed E-state index contributed by atoms with van der Waals surface area (Å²) < 4.78 is 5.47. The number of carbonyl (C=O) groups is 1. The standard InChI is InChI=1S/C15H12BrN3O4/c1-23-15(20)10-6-13(19(21)22)14(17-8-10)18-5-4-9-2-3-11(16)7-12(9)18/h2-3,6-8H,4-5H2,1H3. The van der Waals surface area contributed by atoms with Crippen molar-refractivity contribution in [2.24, 2.45) is 0 Å². The Balaban J connectivity index is 2.09. The van der Waals surface area contributed by atoms with Crippen molar-refractivity contribution < 1.29 is 14.5 Å². The number of carbonyl (C=O) groups excluding carboxylic acids is 1. The lowest BCUT2D eigenvalue weighted by atomic mass is 10.2. The Morgan fingerprint density at radius 2 is 2.22 bits per heavy atom. The minimum atomic E-state index is -0.656. The van der Waals surface area contributed by atoms with Crippen molar-refractivity contribution in [1.29, 1.82) is 0 Å². The van der Waals surface area contributed by atoms with Crippen LogP contribution in [0.5, 0.6) is 0 Å². The number of hydrogen-bond acceptors (Lipinski definition) is 6. The molecule has 0 fully saturated rings. The SMILES string of the molecule is COC(=O)c1cnc(N2CCc3ccc(Br)cc32)c([N+](=O)[O-])c1. The van der Waals surface area contributed by atoms with Crippen LogP contribution in [0.25, 0.3) is 0 Å². The Labute approximate surface area is 140 Å². The van der Waals surface area contributed by atoms with Gasteiger partial charge in [0.1, 0.15) is 0 Å². The van der Waals surface area contributed by atoms with Gasteiger partial charge >= 0.3 is 11.7 Å². The van der Waals surface area contributed by atoms with E-state index in [2.05, 4.69) is 25.7 Å². The number of pyridine rings is 1. The molecule has 1 aliphatic rings. The molecule has 1 aliphatic heterocycles. The van der Waals surface area contributed by atoms with Gasteiger partial charge in [-0.15, -0.1) is 0 Å². The summed E-state index contributed by atoms with van der Waals surface area (Å²) in [6, 6.07) is 7.02. The molecule has 0 atom stereocenters. The molecule has 7 nitrogen and oxygen atoms in total. The molecule has 0 saturated heterocycles. The topological polar surface area (TPSA) is 85.6 Å². The molecule has 2 aromatic rings. The van der Waals surface area contributed by atoms with Gasteiger partial charge in [0.05, 0.1) is 17.6 Å². The van der Waals surface area contributed by atoms with E-state index in [4.69, 9.17) is 0 Å². The molecule has 0 N–H and O–H groups in total. The van der Waals surface area contributed by atoms with E-state index in [1.165, 1.54) is 19.4 Å². The van der Waals surface area contributed by atoms with Crippen LogP contribution in [0.15, 0.2) is 34.9 Å². The molecule has 0 radical (unpaired) electrons. The molecular weight excluding hydrogens is 366 g/mol. The zero-order valence-corrected chi connectivity index (χ0v) is 13.7. The van der Waals surface area contributed by atoms with Crippen LogP contribution >= 0.6 is 15.9 Å². The van der Waals surface area contributed by atoms with Crippen LogP contribution in [-0.4, -0.2) is 29.5 Å². The van der Waals surface area contributed by atoms with E-state index in [0.29, 0.717) is 6.54 Å². The van der Waals surface area contributed by atoms with Crippen molar-refractivity contribution in [3.05, 3.63) is 56.2 Å². The van der Waals surface area contributed by atoms with Crippen LogP contribution in [0.1, 0.15) is 15.9 Å². The highest BCUT2D eigenvalue weighted by atomic mass is 79.9. The van der Waals surface area contributed by atoms with E-state index in [0.717, 1.165) is 22.1 Å². The maximum absolute atomic E-state index is 11.6. The monoisotopic (exact) mass is 377 g/mol. The molecule has 23 heavy (non-hydrogen) atoms. The second-order valence-electron chi connectivity index (χ2n) is 4.99. The number of esters is 1. The summed E-state index contributed by atoms with van der Waals surface area (Å²) in [5, 5.41) is 11.4. The molecule has 0 saturated carbocycles. The summed E-state index contributed by atoms with van der Waals surface area (Å²) in [6.07, 6.45) is 2.07. The summed E-state index contributed by atoms with van der Waals surface area (Å²) in [5.74, 6) is -0.434. The number of aromatic nitrogens is 1. The van der Waals surface area contributed by atoms with Crippen molar-refractivity contribution in [3.63, 3.8) is 0 Å². The third kappa shape index (κ3) is 2.77. The van der Waals surface area contributed by atoms with Gasteiger partial charge in [-0.1, -0.05) is 22.0 Å². The molecule has 2 heterocycles. The molecule has 0 bridgehead atoms. The van der Waals surface area contributed by atoms with E-state index < -0.39 is 10.9 Å². The molecular formula is C15H12BrN3O4. The molecule has 1 aromatic heterocycles. The van der Waals surface area contributed by atoms with E-state index in [1.54, 1.807) is 4.90 Å². The average molecular weight is 378 g/mol. The molecule has 1 aromatic carbocycles. The number of halogens is 1. The first-order chi connectivity index (χ1) is 11.0. The van der Waals surface area contributed by atoms with Crippen molar-refractivity contribution in [1.82, 2.24) is 4.98 Å². The first kappa shape index (κ1) is 15.4. The van der Waals surface area contributed by atoms with Crippen LogP contribution in [0.2, 0.25) is 0 Å². The Morgan fingerprint density at radius 1 is 1.43 bits per heavy atom. The second kappa shape index (κ2) is 5.96. The smallest absolute Gasteiger partial charge is 0.339 e. The summed E-state index contributed by atoms with van der Waals surface area (Å²) in [7, 11) is 1.22. The lowest BCUT2D eigenvalue weighted by Gasteiger charge is -2.18. The zero-order valence-electron chi connectivity index (χ0n) is 12.2. The number of ether oxygens (including phenoxy) is 1. The largest absolute Gasteiger partial charge is 0.465 e. The summed E-state index contributed by atoms with van der Waals surface area (Å²) >= 11 is 3.41. The van der Waals surface area contributed by atoms with Gasteiger partial charge in [0.15, 0.2) is 0 Å². The fraction of sp³-hybridized carbons (Fsp3) is 0.200. The van der Waals surface area contributed by atoms with E-state index in [1.807, 2.05) is 18.2 Å². The van der Waals surface area contributed by atoms with E-state index in [9.17, 15) is 14.9 Å². The molecule has 0 aliphatic carbocycles. The van der Waals surface area contributed by atoms with Gasteiger partial charge in [-0.2, -0.15) is 0 Å². The predicted octanol–water partition coefficient (Wildman–Crippen LogP) is 3.23.